The van der Waals surface area contributed by atoms with Gasteiger partial charge >= 0.3 is 57.5 Å². The summed E-state index contributed by atoms with van der Waals surface area (Å²) in [5.41, 5.74) is 0.711. The number of Topliss-reactive ketones (excluding diaryl/α,β-unsaturated/α-hetero) is 1. The molecule has 5 nitrogen and oxygen atoms in total. The van der Waals surface area contributed by atoms with E-state index in [0.29, 0.717) is 11.3 Å². The predicted octanol–water partition coefficient (Wildman–Crippen LogP) is -1.40. The van der Waals surface area contributed by atoms with E-state index < -0.39 is 6.16 Å². The number of hydrogen-bond acceptors (Lipinski definition) is 3. The van der Waals surface area contributed by atoms with Crippen LogP contribution in [0.5, 0.6) is 5.75 Å². The van der Waals surface area contributed by atoms with Gasteiger partial charge in [-0.1, -0.05) is 12.1 Å². The zero-order valence-corrected chi connectivity index (χ0v) is 11.3. The molecular weight excluding hydrogens is 227 g/mol. The van der Waals surface area contributed by atoms with Gasteiger partial charge < -0.3 is 16.4 Å². The molecule has 0 saturated carbocycles. The molecule has 6 heteroatoms. The second-order valence-corrected chi connectivity index (χ2v) is 2.49. The van der Waals surface area contributed by atoms with E-state index in [1.54, 1.807) is 12.1 Å². The fraction of sp³-hybridized carbons (Fsp3) is 0.111. The van der Waals surface area contributed by atoms with Crippen molar-refractivity contribution in [3.05, 3.63) is 29.8 Å². The van der Waals surface area contributed by atoms with Gasteiger partial charge in [0.25, 0.3) is 0 Å². The fourth-order valence-corrected chi connectivity index (χ4v) is 1.04. The number of ether oxygens (including phenoxy) is 1. The largest absolute Gasteiger partial charge is 1.00 e. The number of carbonyl (C=O) groups is 2. The van der Waals surface area contributed by atoms with Crippen LogP contribution < -0.4 is 56.1 Å². The third-order valence-electron chi connectivity index (χ3n) is 1.55. The van der Waals surface area contributed by atoms with E-state index in [4.69, 9.17) is 19.7 Å². The van der Waals surface area contributed by atoms with Crippen LogP contribution in [-0.4, -0.2) is 28.8 Å². The Morgan fingerprint density at radius 1 is 1.33 bits per heavy atom. The molecule has 1 heterocycles. The SMILES string of the molecule is O=C(O)O.O=C1COc2ccccc21.[H-].[K+]. The van der Waals surface area contributed by atoms with Gasteiger partial charge in [0.05, 0.1) is 5.56 Å². The molecular formula is C9H9KO5. The van der Waals surface area contributed by atoms with E-state index in [9.17, 15) is 4.79 Å². The van der Waals surface area contributed by atoms with Crippen molar-refractivity contribution >= 4 is 11.9 Å². The monoisotopic (exact) mass is 236 g/mol. The Bertz CT molecular complexity index is 365. The van der Waals surface area contributed by atoms with Crippen molar-refractivity contribution in [3.63, 3.8) is 0 Å². The Labute approximate surface area is 130 Å². The van der Waals surface area contributed by atoms with Crippen molar-refractivity contribution < 1.29 is 77.4 Å². The van der Waals surface area contributed by atoms with Crippen molar-refractivity contribution in [3.8, 4) is 5.75 Å². The first-order valence-corrected chi connectivity index (χ1v) is 3.78. The summed E-state index contributed by atoms with van der Waals surface area (Å²) in [6.45, 7) is 0.208. The molecule has 1 aromatic carbocycles. The molecule has 0 unspecified atom stereocenters. The van der Waals surface area contributed by atoms with Crippen LogP contribution >= 0.6 is 0 Å². The van der Waals surface area contributed by atoms with Crippen LogP contribution in [0.4, 0.5) is 4.79 Å². The van der Waals surface area contributed by atoms with Crippen LogP contribution in [0.15, 0.2) is 24.3 Å². The van der Waals surface area contributed by atoms with E-state index in [1.165, 1.54) is 0 Å². The molecule has 0 amide bonds. The topological polar surface area (TPSA) is 83.8 Å². The molecule has 0 aromatic heterocycles. The van der Waals surface area contributed by atoms with Crippen LogP contribution in [0, 0.1) is 0 Å². The number of carboxylic acid groups (broad SMARTS) is 2. The van der Waals surface area contributed by atoms with Gasteiger partial charge in [-0.25, -0.2) is 4.79 Å². The maximum atomic E-state index is 10.9. The Kier molecular flexibility index (Phi) is 6.78. The standard InChI is InChI=1S/C8H6O2.CH2O3.K.H/c9-7-5-10-8-4-2-1-3-6(7)8;2-1(3)4;;/h1-4H,5H2;(H2,2,3,4);;/q;;+1;-1. The third-order valence-corrected chi connectivity index (χ3v) is 1.55. The zero-order chi connectivity index (χ0) is 10.6. The maximum Gasteiger partial charge on any atom is 1.00 e. The molecule has 2 N–H and O–H groups in total. The van der Waals surface area contributed by atoms with Crippen molar-refractivity contribution in [2.45, 2.75) is 0 Å². The smallest absolute Gasteiger partial charge is 1.00 e. The summed E-state index contributed by atoms with van der Waals surface area (Å²) in [5, 5.41) is 13.9. The van der Waals surface area contributed by atoms with Gasteiger partial charge in [0.2, 0.25) is 5.78 Å². The maximum absolute atomic E-state index is 10.9. The predicted molar refractivity (Wildman–Crippen MR) is 48.0 cm³/mol. The van der Waals surface area contributed by atoms with Gasteiger partial charge in [0, 0.05) is 0 Å². The Morgan fingerprint density at radius 3 is 2.40 bits per heavy atom. The molecule has 0 atom stereocenters. The van der Waals surface area contributed by atoms with Crippen molar-refractivity contribution in [2.24, 2.45) is 0 Å². The minimum absolute atomic E-state index is 0. The summed E-state index contributed by atoms with van der Waals surface area (Å²) in [5.74, 6) is 0.795. The van der Waals surface area contributed by atoms with E-state index in [-0.39, 0.29) is 65.2 Å². The van der Waals surface area contributed by atoms with Crippen molar-refractivity contribution in [2.75, 3.05) is 6.61 Å². The number of para-hydroxylation sites is 1. The van der Waals surface area contributed by atoms with Crippen molar-refractivity contribution in [1.82, 2.24) is 0 Å². The number of rotatable bonds is 0. The van der Waals surface area contributed by atoms with Crippen LogP contribution in [0.2, 0.25) is 0 Å². The van der Waals surface area contributed by atoms with Crippen LogP contribution in [-0.2, 0) is 0 Å². The number of carbonyl (C=O) groups excluding carboxylic acids is 1. The van der Waals surface area contributed by atoms with Gasteiger partial charge in [0.1, 0.15) is 5.75 Å². The van der Waals surface area contributed by atoms with E-state index in [1.807, 2.05) is 12.1 Å². The molecule has 0 aliphatic carbocycles. The van der Waals surface area contributed by atoms with Crippen LogP contribution in [0.3, 0.4) is 0 Å². The average Bonchev–Trinajstić information content (AvgIpc) is 2.48. The first-order valence-electron chi connectivity index (χ1n) is 3.78. The summed E-state index contributed by atoms with van der Waals surface area (Å²) in [6.07, 6.45) is -1.83. The van der Waals surface area contributed by atoms with Gasteiger partial charge in [-0.15, -0.1) is 0 Å². The number of fused-ring (bicyclic) bond motifs is 1. The Hall–Kier alpha value is -0.404. The molecule has 0 radical (unpaired) electrons. The Morgan fingerprint density at radius 2 is 1.87 bits per heavy atom. The first-order chi connectivity index (χ1) is 6.61. The number of ketones is 1. The summed E-state index contributed by atoms with van der Waals surface area (Å²) < 4.78 is 5.06. The van der Waals surface area contributed by atoms with Crippen molar-refractivity contribution in [1.29, 1.82) is 0 Å². The molecule has 0 bridgehead atoms. The molecule has 0 saturated heterocycles. The molecule has 0 spiro atoms. The number of hydrogen-bond donors (Lipinski definition) is 2. The van der Waals surface area contributed by atoms with Crippen LogP contribution in [0.25, 0.3) is 0 Å². The molecule has 76 valence electrons. The van der Waals surface area contributed by atoms with E-state index in [2.05, 4.69) is 0 Å². The summed E-state index contributed by atoms with van der Waals surface area (Å²) >= 11 is 0. The second-order valence-electron chi connectivity index (χ2n) is 2.49. The van der Waals surface area contributed by atoms with E-state index >= 15 is 0 Å². The average molecular weight is 236 g/mol. The third kappa shape index (κ3) is 4.76. The number of benzene rings is 1. The van der Waals surface area contributed by atoms with Gasteiger partial charge in [0.15, 0.2) is 6.61 Å². The van der Waals surface area contributed by atoms with E-state index in [0.717, 1.165) is 0 Å². The molecule has 15 heavy (non-hydrogen) atoms. The van der Waals surface area contributed by atoms with Crippen LogP contribution in [0.1, 0.15) is 11.8 Å². The van der Waals surface area contributed by atoms with Gasteiger partial charge in [-0.05, 0) is 12.1 Å². The molecule has 1 aliphatic rings. The molecule has 2 rings (SSSR count). The fourth-order valence-electron chi connectivity index (χ4n) is 1.04. The summed E-state index contributed by atoms with van der Waals surface area (Å²) in [7, 11) is 0. The normalized spacial score (nSPS) is 11.3. The second kappa shape index (κ2) is 6.97. The van der Waals surface area contributed by atoms with Gasteiger partial charge in [-0.3, -0.25) is 4.79 Å². The molecule has 0 fully saturated rings. The molecule has 1 aliphatic heterocycles. The minimum Gasteiger partial charge on any atom is -1.00 e. The molecule has 1 aromatic rings. The minimum atomic E-state index is -1.83. The first kappa shape index (κ1) is 14.6. The Balaban J connectivity index is 0. The summed E-state index contributed by atoms with van der Waals surface area (Å²) in [4.78, 5) is 19.5. The summed E-state index contributed by atoms with van der Waals surface area (Å²) in [6, 6.07) is 7.29. The zero-order valence-electron chi connectivity index (χ0n) is 9.14. The quantitative estimate of drug-likeness (QED) is 0.541. The van der Waals surface area contributed by atoms with Gasteiger partial charge in [-0.2, -0.15) is 0 Å².